The standard InChI is InChI=1S/C11H17FN2O/c1-8(15)7-14(2)11-9(6-13)4-3-5-10(11)12/h3-5,8,15H,6-7,13H2,1-2H3. The molecular weight excluding hydrogens is 195 g/mol. The van der Waals surface area contributed by atoms with Crippen LogP contribution in [0.5, 0.6) is 0 Å². The van der Waals surface area contributed by atoms with Crippen LogP contribution in [0.15, 0.2) is 18.2 Å². The molecule has 0 aliphatic heterocycles. The maximum Gasteiger partial charge on any atom is 0.146 e. The van der Waals surface area contributed by atoms with Crippen LogP contribution in [-0.2, 0) is 6.54 Å². The van der Waals surface area contributed by atoms with Crippen LogP contribution < -0.4 is 10.6 Å². The maximum absolute atomic E-state index is 13.6. The second-order valence-corrected chi connectivity index (χ2v) is 3.68. The summed E-state index contributed by atoms with van der Waals surface area (Å²) < 4.78 is 13.6. The van der Waals surface area contributed by atoms with Crippen molar-refractivity contribution in [2.24, 2.45) is 5.73 Å². The highest BCUT2D eigenvalue weighted by Gasteiger charge is 2.13. The molecule has 15 heavy (non-hydrogen) atoms. The van der Waals surface area contributed by atoms with E-state index in [4.69, 9.17) is 5.73 Å². The van der Waals surface area contributed by atoms with E-state index in [1.54, 1.807) is 31.0 Å². The topological polar surface area (TPSA) is 49.5 Å². The van der Waals surface area contributed by atoms with Crippen LogP contribution in [0.25, 0.3) is 0 Å². The van der Waals surface area contributed by atoms with Gasteiger partial charge in [-0.25, -0.2) is 4.39 Å². The van der Waals surface area contributed by atoms with Crippen LogP contribution in [0, 0.1) is 5.82 Å². The molecule has 0 aliphatic carbocycles. The van der Waals surface area contributed by atoms with E-state index in [1.165, 1.54) is 6.07 Å². The summed E-state index contributed by atoms with van der Waals surface area (Å²) in [5, 5.41) is 9.24. The Balaban J connectivity index is 3.00. The molecule has 1 atom stereocenters. The SMILES string of the molecule is CC(O)CN(C)c1c(F)cccc1CN. The van der Waals surface area contributed by atoms with Gasteiger partial charge in [0.2, 0.25) is 0 Å². The molecule has 0 bridgehead atoms. The number of para-hydroxylation sites is 1. The van der Waals surface area contributed by atoms with Gasteiger partial charge < -0.3 is 15.7 Å². The summed E-state index contributed by atoms with van der Waals surface area (Å²) in [5.41, 5.74) is 6.75. The van der Waals surface area contributed by atoms with E-state index in [2.05, 4.69) is 0 Å². The van der Waals surface area contributed by atoms with Gasteiger partial charge in [0.25, 0.3) is 0 Å². The van der Waals surface area contributed by atoms with E-state index >= 15 is 0 Å². The van der Waals surface area contributed by atoms with Gasteiger partial charge in [-0.05, 0) is 18.6 Å². The predicted molar refractivity (Wildman–Crippen MR) is 59.2 cm³/mol. The van der Waals surface area contributed by atoms with E-state index in [0.717, 1.165) is 5.56 Å². The molecule has 0 radical (unpaired) electrons. The van der Waals surface area contributed by atoms with Gasteiger partial charge in [-0.2, -0.15) is 0 Å². The van der Waals surface area contributed by atoms with Crippen molar-refractivity contribution in [1.29, 1.82) is 0 Å². The van der Waals surface area contributed by atoms with Crippen LogP contribution in [0.1, 0.15) is 12.5 Å². The average Bonchev–Trinajstić information content (AvgIpc) is 2.15. The summed E-state index contributed by atoms with van der Waals surface area (Å²) in [4.78, 5) is 1.68. The minimum Gasteiger partial charge on any atom is -0.392 e. The minimum absolute atomic E-state index is 0.289. The van der Waals surface area contributed by atoms with Crippen LogP contribution in [0.3, 0.4) is 0 Å². The van der Waals surface area contributed by atoms with Gasteiger partial charge in [0, 0.05) is 20.1 Å². The van der Waals surface area contributed by atoms with Gasteiger partial charge in [-0.3, -0.25) is 0 Å². The molecule has 0 aromatic heterocycles. The molecule has 0 aliphatic rings. The summed E-state index contributed by atoms with van der Waals surface area (Å²) in [5.74, 6) is -0.305. The Bertz CT molecular complexity index is 328. The van der Waals surface area contributed by atoms with E-state index in [0.29, 0.717) is 12.2 Å². The van der Waals surface area contributed by atoms with Crippen LogP contribution in [-0.4, -0.2) is 24.8 Å². The zero-order chi connectivity index (χ0) is 11.4. The minimum atomic E-state index is -0.500. The highest BCUT2D eigenvalue weighted by atomic mass is 19.1. The highest BCUT2D eigenvalue weighted by Crippen LogP contribution is 2.23. The van der Waals surface area contributed by atoms with Gasteiger partial charge in [0.1, 0.15) is 5.82 Å². The van der Waals surface area contributed by atoms with Crippen molar-refractivity contribution >= 4 is 5.69 Å². The average molecular weight is 212 g/mol. The van der Waals surface area contributed by atoms with Crippen LogP contribution in [0.4, 0.5) is 10.1 Å². The first-order valence-electron chi connectivity index (χ1n) is 4.93. The number of hydrogen-bond donors (Lipinski definition) is 2. The highest BCUT2D eigenvalue weighted by molar-refractivity contribution is 5.54. The molecule has 0 saturated heterocycles. The monoisotopic (exact) mass is 212 g/mol. The van der Waals surface area contributed by atoms with E-state index in [1.807, 2.05) is 0 Å². The third-order valence-corrected chi connectivity index (χ3v) is 2.21. The van der Waals surface area contributed by atoms with E-state index in [9.17, 15) is 9.50 Å². The van der Waals surface area contributed by atoms with Crippen molar-refractivity contribution in [2.75, 3.05) is 18.5 Å². The van der Waals surface area contributed by atoms with E-state index < -0.39 is 6.10 Å². The Kier molecular flexibility index (Phi) is 4.05. The van der Waals surface area contributed by atoms with Gasteiger partial charge >= 0.3 is 0 Å². The van der Waals surface area contributed by atoms with Gasteiger partial charge in [0.15, 0.2) is 0 Å². The smallest absolute Gasteiger partial charge is 0.146 e. The third kappa shape index (κ3) is 2.91. The number of hydrogen-bond acceptors (Lipinski definition) is 3. The van der Waals surface area contributed by atoms with Crippen molar-refractivity contribution in [3.63, 3.8) is 0 Å². The molecule has 0 spiro atoms. The Morgan fingerprint density at radius 2 is 2.20 bits per heavy atom. The van der Waals surface area contributed by atoms with Crippen molar-refractivity contribution < 1.29 is 9.50 Å². The molecule has 1 unspecified atom stereocenters. The van der Waals surface area contributed by atoms with Gasteiger partial charge in [-0.15, -0.1) is 0 Å². The van der Waals surface area contributed by atoms with Gasteiger partial charge in [-0.1, -0.05) is 12.1 Å². The van der Waals surface area contributed by atoms with Crippen molar-refractivity contribution in [3.8, 4) is 0 Å². The van der Waals surface area contributed by atoms with E-state index in [-0.39, 0.29) is 12.4 Å². The third-order valence-electron chi connectivity index (χ3n) is 2.21. The molecule has 4 heteroatoms. The molecule has 3 nitrogen and oxygen atoms in total. The molecule has 1 aromatic rings. The fraction of sp³-hybridized carbons (Fsp3) is 0.455. The second kappa shape index (κ2) is 5.09. The summed E-state index contributed by atoms with van der Waals surface area (Å²) in [7, 11) is 1.74. The number of rotatable bonds is 4. The van der Waals surface area contributed by atoms with Crippen LogP contribution in [0.2, 0.25) is 0 Å². The second-order valence-electron chi connectivity index (χ2n) is 3.68. The molecule has 1 aromatic carbocycles. The summed E-state index contributed by atoms with van der Waals surface area (Å²) in [6.07, 6.45) is -0.500. The molecule has 3 N–H and O–H groups in total. The van der Waals surface area contributed by atoms with Crippen molar-refractivity contribution in [1.82, 2.24) is 0 Å². The lowest BCUT2D eigenvalue weighted by molar-refractivity contribution is 0.201. The Morgan fingerprint density at radius 1 is 1.53 bits per heavy atom. The molecular formula is C11H17FN2O. The lowest BCUT2D eigenvalue weighted by Crippen LogP contribution is -2.28. The number of anilines is 1. The van der Waals surface area contributed by atoms with Crippen molar-refractivity contribution in [3.05, 3.63) is 29.6 Å². The normalized spacial score (nSPS) is 12.6. The molecule has 0 saturated carbocycles. The predicted octanol–water partition coefficient (Wildman–Crippen LogP) is 1.10. The fourth-order valence-corrected chi connectivity index (χ4v) is 1.64. The Labute approximate surface area is 89.3 Å². The number of aliphatic hydroxyl groups is 1. The zero-order valence-electron chi connectivity index (χ0n) is 9.07. The first-order valence-corrected chi connectivity index (χ1v) is 4.93. The zero-order valence-corrected chi connectivity index (χ0v) is 9.07. The number of benzene rings is 1. The maximum atomic E-state index is 13.6. The number of nitrogens with zero attached hydrogens (tertiary/aromatic N) is 1. The lowest BCUT2D eigenvalue weighted by atomic mass is 10.1. The molecule has 0 fully saturated rings. The summed E-state index contributed by atoms with van der Waals surface area (Å²) >= 11 is 0. The first kappa shape index (κ1) is 11.9. The number of halogens is 1. The summed E-state index contributed by atoms with van der Waals surface area (Å²) in [6, 6.07) is 4.82. The number of aliphatic hydroxyl groups excluding tert-OH is 1. The Morgan fingerprint density at radius 3 is 2.73 bits per heavy atom. The molecule has 0 heterocycles. The molecule has 1 rings (SSSR count). The Hall–Kier alpha value is -1.13. The van der Waals surface area contributed by atoms with Crippen molar-refractivity contribution in [2.45, 2.75) is 19.6 Å². The largest absolute Gasteiger partial charge is 0.392 e. The quantitative estimate of drug-likeness (QED) is 0.785. The molecule has 84 valence electrons. The number of likely N-dealkylation sites (N-methyl/N-ethyl adjacent to an activating group) is 1. The van der Waals surface area contributed by atoms with Gasteiger partial charge in [0.05, 0.1) is 11.8 Å². The first-order chi connectivity index (χ1) is 7.06. The fourth-order valence-electron chi connectivity index (χ4n) is 1.64. The number of nitrogens with two attached hydrogens (primary N) is 1. The lowest BCUT2D eigenvalue weighted by Gasteiger charge is -2.23. The molecule has 0 amide bonds. The summed E-state index contributed by atoms with van der Waals surface area (Å²) in [6.45, 7) is 2.34. The van der Waals surface area contributed by atoms with Crippen LogP contribution >= 0.6 is 0 Å².